The van der Waals surface area contributed by atoms with Crippen LogP contribution in [0.5, 0.6) is 0 Å². The van der Waals surface area contributed by atoms with Gasteiger partial charge in [0, 0.05) is 0 Å². The van der Waals surface area contributed by atoms with Gasteiger partial charge in [-0.2, -0.15) is 0 Å². The highest BCUT2D eigenvalue weighted by molar-refractivity contribution is 7.18. The third-order valence-electron chi connectivity index (χ3n) is 1.27. The molecule has 0 saturated carbocycles. The minimum absolute atomic E-state index is 0.0200. The van der Waals surface area contributed by atoms with E-state index in [0.29, 0.717) is 11.3 Å². The SMILES string of the molecule is O=C(CCl)NC(=O)Nc1ncc([N+](=O)[O-])s1. The van der Waals surface area contributed by atoms with Crippen LogP contribution in [-0.2, 0) is 4.79 Å². The van der Waals surface area contributed by atoms with Gasteiger partial charge in [-0.3, -0.25) is 25.5 Å². The van der Waals surface area contributed by atoms with E-state index in [9.17, 15) is 19.7 Å². The lowest BCUT2D eigenvalue weighted by molar-refractivity contribution is -0.380. The molecule has 2 N–H and O–H groups in total. The predicted octanol–water partition coefficient (Wildman–Crippen LogP) is 0.938. The van der Waals surface area contributed by atoms with E-state index in [1.165, 1.54) is 0 Å². The minimum Gasteiger partial charge on any atom is -0.283 e. The summed E-state index contributed by atoms with van der Waals surface area (Å²) < 4.78 is 0. The van der Waals surface area contributed by atoms with E-state index in [2.05, 4.69) is 10.3 Å². The van der Waals surface area contributed by atoms with E-state index in [0.717, 1.165) is 6.20 Å². The molecule has 86 valence electrons. The Morgan fingerprint density at radius 3 is 2.81 bits per heavy atom. The smallest absolute Gasteiger partial charge is 0.283 e. The van der Waals surface area contributed by atoms with Crippen molar-refractivity contribution in [3.63, 3.8) is 0 Å². The summed E-state index contributed by atoms with van der Waals surface area (Å²) in [7, 11) is 0. The lowest BCUT2D eigenvalue weighted by Gasteiger charge is -2.00. The normalized spacial score (nSPS) is 9.56. The van der Waals surface area contributed by atoms with Crippen LogP contribution in [0.1, 0.15) is 0 Å². The Morgan fingerprint density at radius 1 is 1.62 bits per heavy atom. The van der Waals surface area contributed by atoms with Crippen molar-refractivity contribution >= 4 is 45.0 Å². The Kier molecular flexibility index (Phi) is 4.14. The first-order valence-electron chi connectivity index (χ1n) is 3.80. The summed E-state index contributed by atoms with van der Waals surface area (Å²) in [4.78, 5) is 35.0. The minimum atomic E-state index is -0.838. The number of urea groups is 1. The molecule has 1 aromatic rings. The van der Waals surface area contributed by atoms with Crippen molar-refractivity contribution in [1.82, 2.24) is 10.3 Å². The third-order valence-corrected chi connectivity index (χ3v) is 2.38. The van der Waals surface area contributed by atoms with Crippen molar-refractivity contribution in [2.75, 3.05) is 11.2 Å². The Bertz CT molecular complexity index is 434. The van der Waals surface area contributed by atoms with E-state index in [4.69, 9.17) is 11.6 Å². The molecule has 0 aliphatic heterocycles. The molecule has 8 nitrogen and oxygen atoms in total. The van der Waals surface area contributed by atoms with Crippen molar-refractivity contribution in [3.05, 3.63) is 16.3 Å². The van der Waals surface area contributed by atoms with Crippen molar-refractivity contribution in [2.45, 2.75) is 0 Å². The van der Waals surface area contributed by atoms with Gasteiger partial charge in [0.05, 0.1) is 4.92 Å². The molecule has 0 aliphatic carbocycles. The molecule has 10 heteroatoms. The number of amides is 3. The van der Waals surface area contributed by atoms with Crippen LogP contribution in [0.25, 0.3) is 0 Å². The van der Waals surface area contributed by atoms with Crippen molar-refractivity contribution in [2.24, 2.45) is 0 Å². The van der Waals surface area contributed by atoms with E-state index in [-0.39, 0.29) is 16.0 Å². The molecular formula is C6H5ClN4O4S. The van der Waals surface area contributed by atoms with E-state index >= 15 is 0 Å². The first-order chi connectivity index (χ1) is 7.52. The third kappa shape index (κ3) is 3.44. The molecule has 0 spiro atoms. The number of nitrogens with one attached hydrogen (secondary N) is 2. The second-order valence-electron chi connectivity index (χ2n) is 2.40. The highest BCUT2D eigenvalue weighted by atomic mass is 35.5. The maximum Gasteiger partial charge on any atom is 0.345 e. The Hall–Kier alpha value is -1.74. The first-order valence-corrected chi connectivity index (χ1v) is 5.15. The second kappa shape index (κ2) is 5.37. The molecule has 0 atom stereocenters. The molecule has 1 heterocycles. The molecule has 0 radical (unpaired) electrons. The van der Waals surface area contributed by atoms with E-state index in [1.807, 2.05) is 5.32 Å². The fourth-order valence-corrected chi connectivity index (χ4v) is 1.39. The first kappa shape index (κ1) is 12.3. The Labute approximate surface area is 97.8 Å². The molecule has 0 aromatic carbocycles. The Morgan fingerprint density at radius 2 is 2.31 bits per heavy atom. The largest absolute Gasteiger partial charge is 0.345 e. The molecular weight excluding hydrogens is 260 g/mol. The zero-order valence-corrected chi connectivity index (χ0v) is 9.17. The topological polar surface area (TPSA) is 114 Å². The molecule has 3 amide bonds. The summed E-state index contributed by atoms with van der Waals surface area (Å²) in [6, 6.07) is -0.838. The van der Waals surface area contributed by atoms with Crippen LogP contribution in [0.15, 0.2) is 6.20 Å². The number of carbonyl (C=O) groups is 2. The molecule has 0 bridgehead atoms. The number of rotatable bonds is 3. The van der Waals surface area contributed by atoms with Crippen LogP contribution < -0.4 is 10.6 Å². The van der Waals surface area contributed by atoms with Gasteiger partial charge in [-0.25, -0.2) is 9.78 Å². The zero-order chi connectivity index (χ0) is 12.1. The van der Waals surface area contributed by atoms with Crippen LogP contribution in [0, 0.1) is 10.1 Å². The van der Waals surface area contributed by atoms with Gasteiger partial charge in [-0.1, -0.05) is 0 Å². The maximum atomic E-state index is 11.1. The molecule has 0 unspecified atom stereocenters. The van der Waals surface area contributed by atoms with Gasteiger partial charge < -0.3 is 0 Å². The summed E-state index contributed by atoms with van der Waals surface area (Å²) in [6.45, 7) is 0. The van der Waals surface area contributed by atoms with Gasteiger partial charge >= 0.3 is 11.0 Å². The van der Waals surface area contributed by atoms with Crippen molar-refractivity contribution < 1.29 is 14.5 Å². The van der Waals surface area contributed by atoms with E-state index in [1.54, 1.807) is 0 Å². The summed E-state index contributed by atoms with van der Waals surface area (Å²) in [5.41, 5.74) is 0. The molecule has 0 saturated heterocycles. The molecule has 0 aliphatic rings. The quantitative estimate of drug-likeness (QED) is 0.479. The lowest BCUT2D eigenvalue weighted by Crippen LogP contribution is -2.34. The highest BCUT2D eigenvalue weighted by Gasteiger charge is 2.14. The standard InChI is InChI=1S/C6H5ClN4O4S/c7-1-3(12)9-5(13)10-6-8-2-4(16-6)11(14)15/h2H,1H2,(H2,8,9,10,12,13). The number of thiazole rings is 1. The lowest BCUT2D eigenvalue weighted by atomic mass is 10.7. The molecule has 1 aromatic heterocycles. The summed E-state index contributed by atoms with van der Waals surface area (Å²) in [5.74, 6) is -1.03. The highest BCUT2D eigenvalue weighted by Crippen LogP contribution is 2.24. The number of anilines is 1. The number of nitro groups is 1. The van der Waals surface area contributed by atoms with Crippen LogP contribution in [0.4, 0.5) is 14.9 Å². The summed E-state index contributed by atoms with van der Waals surface area (Å²) in [5, 5.41) is 14.2. The molecule has 1 rings (SSSR count). The fraction of sp³-hybridized carbons (Fsp3) is 0.167. The average molecular weight is 265 g/mol. The van der Waals surface area contributed by atoms with E-state index < -0.39 is 16.9 Å². The number of halogens is 1. The second-order valence-corrected chi connectivity index (χ2v) is 3.67. The van der Waals surface area contributed by atoms with Crippen LogP contribution in [0.2, 0.25) is 0 Å². The Balaban J connectivity index is 2.56. The van der Waals surface area contributed by atoms with Gasteiger partial charge in [0.25, 0.3) is 0 Å². The van der Waals surface area contributed by atoms with Crippen LogP contribution in [-0.4, -0.2) is 27.7 Å². The number of alkyl halides is 1. The van der Waals surface area contributed by atoms with Crippen LogP contribution >= 0.6 is 22.9 Å². The number of carbonyl (C=O) groups excluding carboxylic acids is 2. The van der Waals surface area contributed by atoms with Gasteiger partial charge in [-0.15, -0.1) is 11.6 Å². The molecule has 0 fully saturated rings. The monoisotopic (exact) mass is 264 g/mol. The number of hydrogen-bond acceptors (Lipinski definition) is 6. The number of aromatic nitrogens is 1. The average Bonchev–Trinajstić information content (AvgIpc) is 2.65. The number of imide groups is 1. The summed E-state index contributed by atoms with van der Waals surface area (Å²) >= 11 is 5.83. The number of hydrogen-bond donors (Lipinski definition) is 2. The maximum absolute atomic E-state index is 11.1. The van der Waals surface area contributed by atoms with Gasteiger partial charge in [-0.05, 0) is 11.3 Å². The van der Waals surface area contributed by atoms with Gasteiger partial charge in [0.15, 0.2) is 5.13 Å². The fourth-order valence-electron chi connectivity index (χ4n) is 0.696. The zero-order valence-electron chi connectivity index (χ0n) is 7.60. The molecule has 16 heavy (non-hydrogen) atoms. The van der Waals surface area contributed by atoms with Gasteiger partial charge in [0.2, 0.25) is 5.91 Å². The van der Waals surface area contributed by atoms with Crippen LogP contribution in [0.3, 0.4) is 0 Å². The van der Waals surface area contributed by atoms with Crippen molar-refractivity contribution in [1.29, 1.82) is 0 Å². The number of nitrogens with zero attached hydrogens (tertiary/aromatic N) is 2. The van der Waals surface area contributed by atoms with Gasteiger partial charge in [0.1, 0.15) is 12.1 Å². The summed E-state index contributed by atoms with van der Waals surface area (Å²) in [6.07, 6.45) is 1.00. The van der Waals surface area contributed by atoms with Crippen molar-refractivity contribution in [3.8, 4) is 0 Å². The predicted molar refractivity (Wildman–Crippen MR) is 56.6 cm³/mol.